The summed E-state index contributed by atoms with van der Waals surface area (Å²) in [6, 6.07) is 4.07. The number of anilines is 1. The number of nitrogens with zero attached hydrogens (tertiary/aromatic N) is 2. The summed E-state index contributed by atoms with van der Waals surface area (Å²) < 4.78 is 0. The number of nitrogens with one attached hydrogen (secondary N) is 1. The van der Waals surface area contributed by atoms with Crippen LogP contribution in [0.4, 0.5) is 5.82 Å². The third-order valence-electron chi connectivity index (χ3n) is 3.59. The first-order valence-corrected chi connectivity index (χ1v) is 7.83. The molecule has 1 saturated carbocycles. The minimum atomic E-state index is 0.0995. The van der Waals surface area contributed by atoms with Gasteiger partial charge in [0, 0.05) is 23.8 Å². The lowest BCUT2D eigenvalue weighted by Crippen LogP contribution is -2.36. The van der Waals surface area contributed by atoms with Gasteiger partial charge in [-0.25, -0.2) is 10.8 Å². The van der Waals surface area contributed by atoms with Crippen LogP contribution in [0.3, 0.4) is 0 Å². The summed E-state index contributed by atoms with van der Waals surface area (Å²) in [5.41, 5.74) is 4.17. The maximum atomic E-state index is 12.8. The van der Waals surface area contributed by atoms with Gasteiger partial charge in [0.25, 0.3) is 5.91 Å². The molecule has 0 radical (unpaired) electrons. The van der Waals surface area contributed by atoms with E-state index in [1.54, 1.807) is 6.07 Å². The first-order valence-electron chi connectivity index (χ1n) is 7.83. The number of amides is 1. The Morgan fingerprint density at radius 2 is 2.19 bits per heavy atom. The maximum absolute atomic E-state index is 12.8. The minimum absolute atomic E-state index is 0.0995. The Morgan fingerprint density at radius 1 is 1.48 bits per heavy atom. The van der Waals surface area contributed by atoms with Gasteiger partial charge < -0.3 is 10.3 Å². The summed E-state index contributed by atoms with van der Waals surface area (Å²) in [6.45, 7) is 7.19. The molecule has 116 valence electrons. The molecule has 0 atom stereocenters. The standard InChI is InChI=1S/C16H26N4O/c1-4-5-13-8-12(9-15(18-13)19-17)16(21)20(10-11(2)3)14-6-7-14/h8-9,11,14H,4-7,10,17H2,1-3H3,(H,18,19). The maximum Gasteiger partial charge on any atom is 0.254 e. The van der Waals surface area contributed by atoms with Crippen LogP contribution in [0.5, 0.6) is 0 Å². The van der Waals surface area contributed by atoms with Crippen molar-refractivity contribution in [2.45, 2.75) is 52.5 Å². The molecule has 1 aromatic rings. The molecule has 21 heavy (non-hydrogen) atoms. The van der Waals surface area contributed by atoms with Gasteiger partial charge in [0.1, 0.15) is 5.82 Å². The highest BCUT2D eigenvalue weighted by molar-refractivity contribution is 5.95. The molecule has 1 fully saturated rings. The van der Waals surface area contributed by atoms with Crippen molar-refractivity contribution in [2.24, 2.45) is 11.8 Å². The van der Waals surface area contributed by atoms with Crippen LogP contribution in [-0.4, -0.2) is 28.4 Å². The van der Waals surface area contributed by atoms with E-state index < -0.39 is 0 Å². The van der Waals surface area contributed by atoms with Crippen LogP contribution >= 0.6 is 0 Å². The molecule has 2 rings (SSSR count). The predicted molar refractivity (Wildman–Crippen MR) is 84.9 cm³/mol. The summed E-state index contributed by atoms with van der Waals surface area (Å²) in [5.74, 6) is 6.61. The van der Waals surface area contributed by atoms with E-state index in [0.717, 1.165) is 37.9 Å². The molecular formula is C16H26N4O. The van der Waals surface area contributed by atoms with Gasteiger partial charge in [0.15, 0.2) is 0 Å². The van der Waals surface area contributed by atoms with Crippen molar-refractivity contribution in [3.63, 3.8) is 0 Å². The topological polar surface area (TPSA) is 71.2 Å². The third kappa shape index (κ3) is 4.17. The molecule has 0 bridgehead atoms. The van der Waals surface area contributed by atoms with Gasteiger partial charge in [-0.2, -0.15) is 0 Å². The SMILES string of the molecule is CCCc1cc(C(=O)N(CC(C)C)C2CC2)cc(NN)n1. The number of rotatable bonds is 7. The summed E-state index contributed by atoms with van der Waals surface area (Å²) in [7, 11) is 0. The van der Waals surface area contributed by atoms with E-state index in [2.05, 4.69) is 31.2 Å². The van der Waals surface area contributed by atoms with Crippen LogP contribution in [0, 0.1) is 5.92 Å². The summed E-state index contributed by atoms with van der Waals surface area (Å²) >= 11 is 0. The van der Waals surface area contributed by atoms with Crippen molar-refractivity contribution in [3.8, 4) is 0 Å². The summed E-state index contributed by atoms with van der Waals surface area (Å²) in [4.78, 5) is 19.2. The van der Waals surface area contributed by atoms with Crippen LogP contribution < -0.4 is 11.3 Å². The molecule has 0 aromatic carbocycles. The first-order chi connectivity index (χ1) is 10.0. The van der Waals surface area contributed by atoms with E-state index in [-0.39, 0.29) is 5.91 Å². The van der Waals surface area contributed by atoms with Gasteiger partial charge >= 0.3 is 0 Å². The van der Waals surface area contributed by atoms with Crippen LogP contribution in [0.15, 0.2) is 12.1 Å². The van der Waals surface area contributed by atoms with Gasteiger partial charge in [0.05, 0.1) is 0 Å². The molecule has 1 aliphatic carbocycles. The Labute approximate surface area is 126 Å². The molecular weight excluding hydrogens is 264 g/mol. The second-order valence-corrected chi connectivity index (χ2v) is 6.21. The summed E-state index contributed by atoms with van der Waals surface area (Å²) in [6.07, 6.45) is 4.08. The van der Waals surface area contributed by atoms with Crippen LogP contribution in [0.25, 0.3) is 0 Å². The number of hydrazine groups is 1. The van der Waals surface area contributed by atoms with Crippen molar-refractivity contribution in [1.29, 1.82) is 0 Å². The molecule has 5 heteroatoms. The molecule has 1 amide bonds. The molecule has 0 saturated heterocycles. The van der Waals surface area contributed by atoms with E-state index >= 15 is 0 Å². The highest BCUT2D eigenvalue weighted by atomic mass is 16.2. The van der Waals surface area contributed by atoms with E-state index in [1.807, 2.05) is 11.0 Å². The molecule has 0 aliphatic heterocycles. The third-order valence-corrected chi connectivity index (χ3v) is 3.59. The normalized spacial score (nSPS) is 14.3. The second kappa shape index (κ2) is 6.89. The lowest BCUT2D eigenvalue weighted by atomic mass is 10.1. The smallest absolute Gasteiger partial charge is 0.254 e. The lowest BCUT2D eigenvalue weighted by Gasteiger charge is -2.25. The zero-order valence-corrected chi connectivity index (χ0v) is 13.2. The number of carbonyl (C=O) groups excluding carboxylic acids is 1. The molecule has 0 spiro atoms. The zero-order chi connectivity index (χ0) is 15.4. The van der Waals surface area contributed by atoms with Gasteiger partial charge in [-0.1, -0.05) is 27.2 Å². The monoisotopic (exact) mass is 290 g/mol. The number of nitrogen functional groups attached to an aromatic ring is 1. The quantitative estimate of drug-likeness (QED) is 0.598. The Hall–Kier alpha value is -1.62. The van der Waals surface area contributed by atoms with Crippen molar-refractivity contribution < 1.29 is 4.79 Å². The van der Waals surface area contributed by atoms with Gasteiger partial charge in [0.2, 0.25) is 0 Å². The van der Waals surface area contributed by atoms with E-state index in [9.17, 15) is 4.79 Å². The largest absolute Gasteiger partial charge is 0.335 e. The number of pyridine rings is 1. The number of hydrogen-bond acceptors (Lipinski definition) is 4. The van der Waals surface area contributed by atoms with E-state index in [1.165, 1.54) is 0 Å². The first kappa shape index (κ1) is 15.8. The fourth-order valence-electron chi connectivity index (χ4n) is 2.51. The van der Waals surface area contributed by atoms with Crippen LogP contribution in [0.1, 0.15) is 56.1 Å². The predicted octanol–water partition coefficient (Wildman–Crippen LogP) is 2.58. The lowest BCUT2D eigenvalue weighted by molar-refractivity contribution is 0.0722. The Balaban J connectivity index is 2.25. The van der Waals surface area contributed by atoms with E-state index in [0.29, 0.717) is 23.3 Å². The second-order valence-electron chi connectivity index (χ2n) is 6.21. The number of hydrogen-bond donors (Lipinski definition) is 2. The van der Waals surface area contributed by atoms with Crippen molar-refractivity contribution in [3.05, 3.63) is 23.4 Å². The van der Waals surface area contributed by atoms with Crippen LogP contribution in [-0.2, 0) is 6.42 Å². The van der Waals surface area contributed by atoms with Crippen molar-refractivity contribution in [1.82, 2.24) is 9.88 Å². The fraction of sp³-hybridized carbons (Fsp3) is 0.625. The number of carbonyl (C=O) groups is 1. The van der Waals surface area contributed by atoms with Crippen molar-refractivity contribution >= 4 is 11.7 Å². The minimum Gasteiger partial charge on any atom is -0.335 e. The average molecular weight is 290 g/mol. The highest BCUT2D eigenvalue weighted by Gasteiger charge is 2.33. The molecule has 1 aromatic heterocycles. The molecule has 3 N–H and O–H groups in total. The van der Waals surface area contributed by atoms with Crippen molar-refractivity contribution in [2.75, 3.05) is 12.0 Å². The molecule has 5 nitrogen and oxygen atoms in total. The zero-order valence-electron chi connectivity index (χ0n) is 13.2. The number of aromatic nitrogens is 1. The van der Waals surface area contributed by atoms with Gasteiger partial charge in [-0.15, -0.1) is 0 Å². The Kier molecular flexibility index (Phi) is 5.17. The molecule has 1 heterocycles. The Bertz CT molecular complexity index is 497. The molecule has 0 unspecified atom stereocenters. The summed E-state index contributed by atoms with van der Waals surface area (Å²) in [5, 5.41) is 0. The fourth-order valence-corrected chi connectivity index (χ4v) is 2.51. The van der Waals surface area contributed by atoms with Gasteiger partial charge in [-0.3, -0.25) is 4.79 Å². The van der Waals surface area contributed by atoms with E-state index in [4.69, 9.17) is 5.84 Å². The van der Waals surface area contributed by atoms with Gasteiger partial charge in [-0.05, 0) is 37.3 Å². The average Bonchev–Trinajstić information content (AvgIpc) is 3.28. The molecule has 1 aliphatic rings. The van der Waals surface area contributed by atoms with Crippen LogP contribution in [0.2, 0.25) is 0 Å². The Morgan fingerprint density at radius 3 is 2.71 bits per heavy atom. The highest BCUT2D eigenvalue weighted by Crippen LogP contribution is 2.29. The number of nitrogens with two attached hydrogens (primary N) is 1. The number of aryl methyl sites for hydroxylation is 1.